The van der Waals surface area contributed by atoms with Crippen LogP contribution in [0.3, 0.4) is 0 Å². The molecular weight excluding hydrogens is 401 g/mol. The van der Waals surface area contributed by atoms with E-state index in [-0.39, 0.29) is 16.5 Å². The first-order chi connectivity index (χ1) is 13.7. The molecule has 1 unspecified atom stereocenters. The van der Waals surface area contributed by atoms with Gasteiger partial charge in [-0.3, -0.25) is 4.79 Å². The summed E-state index contributed by atoms with van der Waals surface area (Å²) in [6, 6.07) is 9.93. The van der Waals surface area contributed by atoms with Crippen molar-refractivity contribution in [3.05, 3.63) is 54.3 Å². The molecule has 0 fully saturated rings. The monoisotopic (exact) mass is 419 g/mol. The van der Waals surface area contributed by atoms with Gasteiger partial charge in [0.25, 0.3) is 0 Å². The summed E-state index contributed by atoms with van der Waals surface area (Å²) in [4.78, 5) is 12.4. The molecule has 0 aliphatic heterocycles. The number of rotatable bonds is 7. The molecule has 29 heavy (non-hydrogen) atoms. The van der Waals surface area contributed by atoms with E-state index in [4.69, 9.17) is 0 Å². The minimum Gasteiger partial charge on any atom is -0.480 e. The first kappa shape index (κ1) is 20.6. The number of hydrogen-bond acceptors (Lipinski definition) is 6. The molecule has 0 radical (unpaired) electrons. The molecule has 0 amide bonds. The number of nitrogens with one attached hydrogen (secondary N) is 1. The molecular formula is C18H18FN5O4S. The molecule has 3 aromatic rings. The van der Waals surface area contributed by atoms with Crippen LogP contribution in [-0.2, 0) is 14.8 Å². The smallest absolute Gasteiger partial charge is 0.322 e. The van der Waals surface area contributed by atoms with E-state index in [2.05, 4.69) is 20.1 Å². The van der Waals surface area contributed by atoms with Crippen LogP contribution >= 0.6 is 0 Å². The van der Waals surface area contributed by atoms with Gasteiger partial charge in [-0.2, -0.15) is 4.72 Å². The zero-order valence-electron chi connectivity index (χ0n) is 15.5. The highest BCUT2D eigenvalue weighted by molar-refractivity contribution is 7.89. The van der Waals surface area contributed by atoms with Gasteiger partial charge in [-0.25, -0.2) is 12.8 Å². The zero-order chi connectivity index (χ0) is 21.2. The molecule has 2 aromatic carbocycles. The number of tetrazole rings is 1. The molecule has 1 aromatic heterocycles. The third-order valence-electron chi connectivity index (χ3n) is 4.11. The first-order valence-corrected chi connectivity index (χ1v) is 10.1. The van der Waals surface area contributed by atoms with E-state index >= 15 is 0 Å². The van der Waals surface area contributed by atoms with Crippen LogP contribution in [0.1, 0.15) is 13.8 Å². The lowest BCUT2D eigenvalue weighted by Gasteiger charge is -2.18. The Morgan fingerprint density at radius 2 is 1.72 bits per heavy atom. The second kappa shape index (κ2) is 8.05. The highest BCUT2D eigenvalue weighted by atomic mass is 32.2. The molecule has 152 valence electrons. The first-order valence-electron chi connectivity index (χ1n) is 8.59. The number of aliphatic carboxylic acids is 1. The van der Waals surface area contributed by atoms with Crippen molar-refractivity contribution in [2.24, 2.45) is 5.92 Å². The van der Waals surface area contributed by atoms with Gasteiger partial charge in [0.15, 0.2) is 0 Å². The quantitative estimate of drug-likeness (QED) is 0.598. The summed E-state index contributed by atoms with van der Waals surface area (Å²) in [7, 11) is -4.02. The van der Waals surface area contributed by atoms with Gasteiger partial charge in [0, 0.05) is 5.56 Å². The zero-order valence-corrected chi connectivity index (χ0v) is 16.3. The average Bonchev–Trinajstić information content (AvgIpc) is 3.16. The Morgan fingerprint density at radius 3 is 2.28 bits per heavy atom. The second-order valence-electron chi connectivity index (χ2n) is 6.58. The fourth-order valence-electron chi connectivity index (χ4n) is 2.50. The summed E-state index contributed by atoms with van der Waals surface area (Å²) in [6.07, 6.45) is 0. The largest absolute Gasteiger partial charge is 0.480 e. The van der Waals surface area contributed by atoms with Gasteiger partial charge in [0.1, 0.15) is 11.9 Å². The van der Waals surface area contributed by atoms with Crippen LogP contribution < -0.4 is 4.72 Å². The topological polar surface area (TPSA) is 127 Å². The maximum atomic E-state index is 13.0. The van der Waals surface area contributed by atoms with Crippen molar-refractivity contribution in [1.29, 1.82) is 0 Å². The molecule has 0 saturated carbocycles. The molecule has 0 saturated heterocycles. The SMILES string of the molecule is CC(C)C(NS(=O)(=O)c1ccc(-n2nnc(-c3ccc(F)cc3)n2)cc1)C(=O)O. The Hall–Kier alpha value is -3.18. The number of carboxylic acids is 1. The standard InChI is InChI=1S/C18H18FN5O4S/c1-11(2)16(18(25)26)22-29(27,28)15-9-7-14(8-10-15)24-21-17(20-23-24)12-3-5-13(19)6-4-12/h3-11,16,22H,1-2H3,(H,25,26). The number of carbonyl (C=O) groups is 1. The van der Waals surface area contributed by atoms with Gasteiger partial charge in [-0.15, -0.1) is 15.0 Å². The Kier molecular flexibility index (Phi) is 5.71. The summed E-state index contributed by atoms with van der Waals surface area (Å²) >= 11 is 0. The van der Waals surface area contributed by atoms with Crippen LogP contribution in [0.15, 0.2) is 53.4 Å². The Balaban J connectivity index is 1.81. The number of benzene rings is 2. The number of hydrogen-bond donors (Lipinski definition) is 2. The van der Waals surface area contributed by atoms with Gasteiger partial charge >= 0.3 is 5.97 Å². The minimum absolute atomic E-state index is 0.0907. The minimum atomic E-state index is -4.02. The fourth-order valence-corrected chi connectivity index (χ4v) is 3.84. The third kappa shape index (κ3) is 4.63. The van der Waals surface area contributed by atoms with E-state index in [1.165, 1.54) is 53.3 Å². The average molecular weight is 419 g/mol. The summed E-state index contributed by atoms with van der Waals surface area (Å²) in [5.74, 6) is -1.77. The number of aromatic nitrogens is 4. The van der Waals surface area contributed by atoms with E-state index in [0.29, 0.717) is 11.3 Å². The van der Waals surface area contributed by atoms with Gasteiger partial charge in [0.05, 0.1) is 10.6 Å². The summed E-state index contributed by atoms with van der Waals surface area (Å²) in [5, 5.41) is 21.2. The maximum absolute atomic E-state index is 13.0. The predicted molar refractivity (Wildman–Crippen MR) is 101 cm³/mol. The van der Waals surface area contributed by atoms with Gasteiger partial charge in [0.2, 0.25) is 15.8 Å². The molecule has 3 rings (SSSR count). The molecule has 1 heterocycles. The van der Waals surface area contributed by atoms with Crippen molar-refractivity contribution in [2.45, 2.75) is 24.8 Å². The lowest BCUT2D eigenvalue weighted by molar-refractivity contribution is -0.140. The van der Waals surface area contributed by atoms with E-state index in [0.717, 1.165) is 0 Å². The molecule has 2 N–H and O–H groups in total. The van der Waals surface area contributed by atoms with E-state index in [1.54, 1.807) is 13.8 Å². The molecule has 1 atom stereocenters. The Labute approximate surface area is 166 Å². The van der Waals surface area contributed by atoms with E-state index in [9.17, 15) is 22.7 Å². The van der Waals surface area contributed by atoms with Crippen molar-refractivity contribution in [3.8, 4) is 17.1 Å². The molecule has 0 aliphatic rings. The normalized spacial score (nSPS) is 12.8. The van der Waals surface area contributed by atoms with Crippen molar-refractivity contribution in [3.63, 3.8) is 0 Å². The van der Waals surface area contributed by atoms with Gasteiger partial charge in [-0.05, 0) is 59.7 Å². The van der Waals surface area contributed by atoms with Crippen LogP contribution in [0.2, 0.25) is 0 Å². The number of sulfonamides is 1. The summed E-state index contributed by atoms with van der Waals surface area (Å²) in [5.41, 5.74) is 1.03. The predicted octanol–water partition coefficient (Wildman–Crippen LogP) is 1.86. The maximum Gasteiger partial charge on any atom is 0.322 e. The van der Waals surface area contributed by atoms with Crippen molar-refractivity contribution >= 4 is 16.0 Å². The number of carboxylic acid groups (broad SMARTS) is 1. The third-order valence-corrected chi connectivity index (χ3v) is 5.57. The molecule has 9 nitrogen and oxygen atoms in total. The fraction of sp³-hybridized carbons (Fsp3) is 0.222. The van der Waals surface area contributed by atoms with Crippen molar-refractivity contribution in [2.75, 3.05) is 0 Å². The number of halogens is 1. The summed E-state index contributed by atoms with van der Waals surface area (Å²) < 4.78 is 40.1. The van der Waals surface area contributed by atoms with E-state index in [1.807, 2.05) is 0 Å². The highest BCUT2D eigenvalue weighted by Gasteiger charge is 2.28. The van der Waals surface area contributed by atoms with Crippen LogP contribution in [-0.4, -0.2) is 45.7 Å². The molecule has 0 spiro atoms. The lowest BCUT2D eigenvalue weighted by atomic mass is 10.1. The van der Waals surface area contributed by atoms with Crippen LogP contribution in [0, 0.1) is 11.7 Å². The van der Waals surface area contributed by atoms with E-state index < -0.39 is 28.0 Å². The van der Waals surface area contributed by atoms with Crippen LogP contribution in [0.5, 0.6) is 0 Å². The van der Waals surface area contributed by atoms with Gasteiger partial charge < -0.3 is 5.11 Å². The second-order valence-corrected chi connectivity index (χ2v) is 8.30. The van der Waals surface area contributed by atoms with Crippen LogP contribution in [0.25, 0.3) is 17.1 Å². The Morgan fingerprint density at radius 1 is 1.10 bits per heavy atom. The number of nitrogens with zero attached hydrogens (tertiary/aromatic N) is 4. The van der Waals surface area contributed by atoms with Crippen molar-refractivity contribution in [1.82, 2.24) is 24.9 Å². The highest BCUT2D eigenvalue weighted by Crippen LogP contribution is 2.17. The molecule has 11 heteroatoms. The molecule has 0 bridgehead atoms. The van der Waals surface area contributed by atoms with Gasteiger partial charge in [-0.1, -0.05) is 13.8 Å². The molecule has 0 aliphatic carbocycles. The van der Waals surface area contributed by atoms with Crippen LogP contribution in [0.4, 0.5) is 4.39 Å². The Bertz CT molecular complexity index is 1110. The lowest BCUT2D eigenvalue weighted by Crippen LogP contribution is -2.44. The summed E-state index contributed by atoms with van der Waals surface area (Å²) in [6.45, 7) is 3.22. The van der Waals surface area contributed by atoms with Crippen molar-refractivity contribution < 1.29 is 22.7 Å².